The molecular weight excluding hydrogens is 278 g/mol. The van der Waals surface area contributed by atoms with E-state index in [2.05, 4.69) is 54.0 Å². The highest BCUT2D eigenvalue weighted by Gasteiger charge is 2.09. The van der Waals surface area contributed by atoms with Crippen molar-refractivity contribution in [2.75, 3.05) is 34.3 Å². The molecule has 0 saturated heterocycles. The fraction of sp³-hybridized carbons (Fsp3) is 0.571. The number of benzene rings is 1. The van der Waals surface area contributed by atoms with Gasteiger partial charge in [-0.3, -0.25) is 0 Å². The van der Waals surface area contributed by atoms with E-state index in [0.29, 0.717) is 0 Å². The molecule has 0 bridgehead atoms. The molecule has 2 nitrogen and oxygen atoms in total. The molecule has 0 aromatic heterocycles. The van der Waals surface area contributed by atoms with Gasteiger partial charge in [0.15, 0.2) is 0 Å². The van der Waals surface area contributed by atoms with Crippen molar-refractivity contribution in [2.24, 2.45) is 0 Å². The van der Waals surface area contributed by atoms with Gasteiger partial charge in [0.25, 0.3) is 0 Å². The Labute approximate surface area is 116 Å². The predicted molar refractivity (Wildman–Crippen MR) is 69.0 cm³/mol. The Morgan fingerprint density at radius 1 is 1.00 bits per heavy atom. The monoisotopic (exact) mass is 301 g/mol. The van der Waals surface area contributed by atoms with Gasteiger partial charge >= 0.3 is 0 Å². The van der Waals surface area contributed by atoms with Gasteiger partial charge in [-0.1, -0.05) is 17.7 Å². The van der Waals surface area contributed by atoms with Crippen molar-refractivity contribution in [3.05, 3.63) is 28.8 Å². The van der Waals surface area contributed by atoms with Gasteiger partial charge in [0.05, 0.1) is 21.1 Å². The number of nitrogens with zero attached hydrogens (tertiary/aromatic N) is 1. The number of halogens is 1. The van der Waals surface area contributed by atoms with Crippen molar-refractivity contribution in [2.45, 2.75) is 20.8 Å². The zero-order chi connectivity index (χ0) is 12.3. The van der Waals surface area contributed by atoms with Gasteiger partial charge in [0.2, 0.25) is 0 Å². The summed E-state index contributed by atoms with van der Waals surface area (Å²) in [7, 11) is 6.54. The molecule has 0 aliphatic carbocycles. The quantitative estimate of drug-likeness (QED) is 0.694. The molecule has 0 N–H and O–H groups in total. The summed E-state index contributed by atoms with van der Waals surface area (Å²) >= 11 is 0. The van der Waals surface area contributed by atoms with Crippen molar-refractivity contribution in [3.63, 3.8) is 0 Å². The van der Waals surface area contributed by atoms with E-state index >= 15 is 0 Å². The van der Waals surface area contributed by atoms with Crippen LogP contribution in [0.5, 0.6) is 5.75 Å². The number of rotatable bonds is 4. The molecule has 0 aliphatic rings. The van der Waals surface area contributed by atoms with Crippen molar-refractivity contribution in [3.8, 4) is 5.75 Å². The maximum absolute atomic E-state index is 5.88. The van der Waals surface area contributed by atoms with Crippen LogP contribution in [0, 0.1) is 20.8 Å². The molecule has 0 fully saturated rings. The van der Waals surface area contributed by atoms with Crippen molar-refractivity contribution in [1.29, 1.82) is 0 Å². The Balaban J connectivity index is 0.00000256. The predicted octanol–water partition coefficient (Wildman–Crippen LogP) is -0.299. The fourth-order valence-electron chi connectivity index (χ4n) is 1.82. The summed E-state index contributed by atoms with van der Waals surface area (Å²) in [6.07, 6.45) is 0. The first-order valence-electron chi connectivity index (χ1n) is 5.81. The van der Waals surface area contributed by atoms with Crippen LogP contribution in [0.2, 0.25) is 0 Å². The summed E-state index contributed by atoms with van der Waals surface area (Å²) in [6, 6.07) is 4.35. The van der Waals surface area contributed by atoms with E-state index in [-0.39, 0.29) is 17.0 Å². The van der Waals surface area contributed by atoms with Crippen LogP contribution in [-0.4, -0.2) is 38.8 Å². The Bertz CT molecular complexity index is 346. The zero-order valence-electron chi connectivity index (χ0n) is 11.8. The van der Waals surface area contributed by atoms with Crippen molar-refractivity contribution < 1.29 is 26.2 Å². The molecule has 3 heteroatoms. The van der Waals surface area contributed by atoms with Gasteiger partial charge in [-0.05, 0) is 31.9 Å². The van der Waals surface area contributed by atoms with Crippen LogP contribution in [-0.2, 0) is 0 Å². The third-order valence-electron chi connectivity index (χ3n) is 2.61. The van der Waals surface area contributed by atoms with Crippen LogP contribution < -0.4 is 21.7 Å². The first-order valence-corrected chi connectivity index (χ1v) is 5.81. The smallest absolute Gasteiger partial charge is 0.137 e. The number of quaternary nitrogens is 1. The van der Waals surface area contributed by atoms with Crippen LogP contribution in [0.3, 0.4) is 0 Å². The lowest BCUT2D eigenvalue weighted by Crippen LogP contribution is -3.00. The molecule has 17 heavy (non-hydrogen) atoms. The van der Waals surface area contributed by atoms with Gasteiger partial charge in [-0.2, -0.15) is 0 Å². The molecule has 1 aromatic carbocycles. The molecule has 0 spiro atoms. The Morgan fingerprint density at radius 3 is 1.88 bits per heavy atom. The Hall–Kier alpha value is -0.540. The van der Waals surface area contributed by atoms with Crippen LogP contribution >= 0.6 is 0 Å². The Kier molecular flexibility index (Phi) is 6.20. The van der Waals surface area contributed by atoms with Crippen molar-refractivity contribution >= 4 is 0 Å². The number of hydrogen-bond donors (Lipinski definition) is 0. The molecule has 0 heterocycles. The topological polar surface area (TPSA) is 9.23 Å². The molecule has 0 aliphatic heterocycles. The zero-order valence-corrected chi connectivity index (χ0v) is 13.4. The summed E-state index contributed by atoms with van der Waals surface area (Å²) < 4.78 is 6.82. The van der Waals surface area contributed by atoms with Crippen LogP contribution in [0.25, 0.3) is 0 Å². The minimum absolute atomic E-state index is 0. The van der Waals surface area contributed by atoms with E-state index in [0.717, 1.165) is 23.4 Å². The van der Waals surface area contributed by atoms with Gasteiger partial charge in [-0.15, -0.1) is 0 Å². The summed E-state index contributed by atoms with van der Waals surface area (Å²) in [5, 5.41) is 0. The molecule has 0 atom stereocenters. The standard InChI is InChI=1S/C14H24NO.BrH/c1-11-9-12(2)14(13(3)10-11)16-8-7-15(4,5)6;/h9-10H,7-8H2,1-6H3;1H/q+1;/p-1. The number of aryl methyl sites for hydroxylation is 3. The van der Waals surface area contributed by atoms with Crippen LogP contribution in [0.15, 0.2) is 12.1 Å². The molecule has 1 rings (SSSR count). The fourth-order valence-corrected chi connectivity index (χ4v) is 1.82. The first-order chi connectivity index (χ1) is 7.29. The molecule has 0 saturated carbocycles. The lowest BCUT2D eigenvalue weighted by Gasteiger charge is -2.24. The molecule has 0 radical (unpaired) electrons. The summed E-state index contributed by atoms with van der Waals surface area (Å²) in [6.45, 7) is 8.14. The SMILES string of the molecule is Cc1cc(C)c(OCC[N+](C)(C)C)c(C)c1.[Br-]. The number of ether oxygens (including phenoxy) is 1. The molecule has 98 valence electrons. The number of hydrogen-bond acceptors (Lipinski definition) is 1. The van der Waals surface area contributed by atoms with Gasteiger partial charge in [0.1, 0.15) is 18.9 Å². The highest BCUT2D eigenvalue weighted by molar-refractivity contribution is 5.42. The highest BCUT2D eigenvalue weighted by Crippen LogP contribution is 2.24. The largest absolute Gasteiger partial charge is 1.00 e. The molecule has 0 unspecified atom stereocenters. The second-order valence-corrected chi connectivity index (χ2v) is 5.59. The Morgan fingerprint density at radius 2 is 1.47 bits per heavy atom. The lowest BCUT2D eigenvalue weighted by atomic mass is 10.1. The second kappa shape index (κ2) is 6.41. The highest BCUT2D eigenvalue weighted by atomic mass is 79.9. The second-order valence-electron chi connectivity index (χ2n) is 5.59. The third kappa shape index (κ3) is 5.55. The van der Waals surface area contributed by atoms with Crippen LogP contribution in [0.1, 0.15) is 16.7 Å². The van der Waals surface area contributed by atoms with Gasteiger partial charge < -0.3 is 26.2 Å². The van der Waals surface area contributed by atoms with E-state index in [4.69, 9.17) is 4.74 Å². The summed E-state index contributed by atoms with van der Waals surface area (Å²) in [5.74, 6) is 1.05. The van der Waals surface area contributed by atoms with E-state index in [9.17, 15) is 0 Å². The molecule has 1 aromatic rings. The maximum Gasteiger partial charge on any atom is 0.137 e. The van der Waals surface area contributed by atoms with E-state index < -0.39 is 0 Å². The summed E-state index contributed by atoms with van der Waals surface area (Å²) in [4.78, 5) is 0. The van der Waals surface area contributed by atoms with E-state index in [1.54, 1.807) is 0 Å². The van der Waals surface area contributed by atoms with Gasteiger partial charge in [0, 0.05) is 0 Å². The minimum atomic E-state index is 0. The summed E-state index contributed by atoms with van der Waals surface area (Å²) in [5.41, 5.74) is 3.77. The molecular formula is C14H24BrNO. The third-order valence-corrected chi connectivity index (χ3v) is 2.61. The van der Waals surface area contributed by atoms with Gasteiger partial charge in [-0.25, -0.2) is 0 Å². The van der Waals surface area contributed by atoms with Crippen molar-refractivity contribution in [1.82, 2.24) is 0 Å². The van der Waals surface area contributed by atoms with Crippen LogP contribution in [0.4, 0.5) is 0 Å². The number of likely N-dealkylation sites (N-methyl/N-ethyl adjacent to an activating group) is 1. The maximum atomic E-state index is 5.88. The first kappa shape index (κ1) is 16.5. The minimum Gasteiger partial charge on any atom is -1.00 e. The van der Waals surface area contributed by atoms with E-state index in [1.165, 1.54) is 16.7 Å². The molecule has 0 amide bonds. The normalized spacial score (nSPS) is 10.9. The average Bonchev–Trinajstić information content (AvgIpc) is 2.07. The lowest BCUT2D eigenvalue weighted by molar-refractivity contribution is -0.870. The average molecular weight is 302 g/mol. The van der Waals surface area contributed by atoms with E-state index in [1.807, 2.05) is 0 Å².